The molecule has 0 rings (SSSR count). The highest BCUT2D eigenvalue weighted by atomic mass is 16.3. The van der Waals surface area contributed by atoms with Crippen molar-refractivity contribution in [2.24, 2.45) is 0 Å². The van der Waals surface area contributed by atoms with Crippen LogP contribution in [0.3, 0.4) is 0 Å². The van der Waals surface area contributed by atoms with E-state index in [1.54, 1.807) is 0 Å². The van der Waals surface area contributed by atoms with Gasteiger partial charge in [0.15, 0.2) is 0 Å². The summed E-state index contributed by atoms with van der Waals surface area (Å²) in [6.07, 6.45) is 58.8. The molecular weight excluding hydrogens is 703 g/mol. The Bertz CT molecular complexity index is 844. The number of aliphatic hydroxyl groups excluding tert-OH is 3. The first kappa shape index (κ1) is 55.8. The third-order valence-electron chi connectivity index (χ3n) is 12.0. The summed E-state index contributed by atoms with van der Waals surface area (Å²) in [5.74, 6) is -0.284. The minimum absolute atomic E-state index is 0.0336. The predicted octanol–water partition coefficient (Wildman–Crippen LogP) is 15.3. The molecule has 0 spiro atoms. The van der Waals surface area contributed by atoms with Gasteiger partial charge in [-0.1, -0.05) is 256 Å². The molecule has 3 atom stereocenters. The van der Waals surface area contributed by atoms with Crippen LogP contribution in [-0.4, -0.2) is 46.1 Å². The number of amides is 1. The van der Waals surface area contributed by atoms with Gasteiger partial charge in [0.2, 0.25) is 5.91 Å². The van der Waals surface area contributed by atoms with Crippen LogP contribution < -0.4 is 5.32 Å². The van der Waals surface area contributed by atoms with E-state index in [1.807, 2.05) is 0 Å². The minimum Gasteiger partial charge on any atom is -0.394 e. The summed E-state index contributed by atoms with van der Waals surface area (Å²) in [5, 5.41) is 33.5. The van der Waals surface area contributed by atoms with Crippen LogP contribution >= 0.6 is 0 Å². The second-order valence-electron chi connectivity index (χ2n) is 17.8. The average molecular weight is 804 g/mol. The summed E-state index contributed by atoms with van der Waals surface area (Å²) in [7, 11) is 0. The molecule has 3 unspecified atom stereocenters. The highest BCUT2D eigenvalue weighted by Gasteiger charge is 2.21. The third-order valence-corrected chi connectivity index (χ3v) is 12.0. The smallest absolute Gasteiger partial charge is 0.222 e. The molecule has 0 saturated carbocycles. The van der Waals surface area contributed by atoms with Crippen molar-refractivity contribution in [2.75, 3.05) is 6.61 Å². The summed E-state index contributed by atoms with van der Waals surface area (Å²) in [4.78, 5) is 12.5. The number of rotatable bonds is 47. The van der Waals surface area contributed by atoms with Crippen LogP contribution in [0.1, 0.15) is 277 Å². The van der Waals surface area contributed by atoms with Crippen LogP contribution in [0.5, 0.6) is 0 Å². The van der Waals surface area contributed by atoms with Crippen LogP contribution in [-0.2, 0) is 4.79 Å². The zero-order chi connectivity index (χ0) is 41.5. The van der Waals surface area contributed by atoms with Crippen molar-refractivity contribution in [3.05, 3.63) is 24.3 Å². The van der Waals surface area contributed by atoms with E-state index in [1.165, 1.54) is 218 Å². The first-order valence-electron chi connectivity index (χ1n) is 25.6. The van der Waals surface area contributed by atoms with Gasteiger partial charge in [-0.05, 0) is 38.5 Å². The van der Waals surface area contributed by atoms with Gasteiger partial charge in [-0.25, -0.2) is 0 Å². The first-order chi connectivity index (χ1) is 28.0. The third kappa shape index (κ3) is 44.2. The second kappa shape index (κ2) is 47.5. The van der Waals surface area contributed by atoms with Gasteiger partial charge in [0.25, 0.3) is 0 Å². The van der Waals surface area contributed by atoms with Crippen molar-refractivity contribution in [3.8, 4) is 0 Å². The predicted molar refractivity (Wildman–Crippen MR) is 250 cm³/mol. The van der Waals surface area contributed by atoms with E-state index in [2.05, 4.69) is 43.5 Å². The first-order valence-corrected chi connectivity index (χ1v) is 25.6. The molecule has 4 N–H and O–H groups in total. The Morgan fingerprint density at radius 1 is 0.439 bits per heavy atom. The quantitative estimate of drug-likeness (QED) is 0.0364. The Hall–Kier alpha value is -1.17. The lowest BCUT2D eigenvalue weighted by Gasteiger charge is -2.23. The van der Waals surface area contributed by atoms with Crippen molar-refractivity contribution < 1.29 is 20.1 Å². The van der Waals surface area contributed by atoms with Crippen molar-refractivity contribution in [1.29, 1.82) is 0 Å². The molecule has 0 aromatic carbocycles. The fourth-order valence-corrected chi connectivity index (χ4v) is 8.10. The molecule has 5 nitrogen and oxygen atoms in total. The molecule has 0 aliphatic heterocycles. The van der Waals surface area contributed by atoms with E-state index in [9.17, 15) is 20.1 Å². The number of hydrogen-bond acceptors (Lipinski definition) is 4. The lowest BCUT2D eigenvalue weighted by atomic mass is 10.0. The molecule has 0 aliphatic rings. The van der Waals surface area contributed by atoms with Crippen LogP contribution in [0.4, 0.5) is 0 Å². The monoisotopic (exact) mass is 804 g/mol. The molecule has 0 aromatic heterocycles. The molecule has 57 heavy (non-hydrogen) atoms. The van der Waals surface area contributed by atoms with Gasteiger partial charge in [-0.3, -0.25) is 4.79 Å². The number of carbonyl (C=O) groups is 1. The Morgan fingerprint density at radius 2 is 0.737 bits per heavy atom. The number of aliphatic hydroxyl groups is 3. The number of carbonyl (C=O) groups excluding carboxylic acids is 1. The SMILES string of the molecule is CCCCC/C=C\C=C/CCCCCCCCCCC(O)CC(=O)NC(CO)C(O)CCCCCCCCCCCCCCCCCCCCCCCCCCC. The summed E-state index contributed by atoms with van der Waals surface area (Å²) < 4.78 is 0. The topological polar surface area (TPSA) is 89.8 Å². The molecule has 5 heteroatoms. The van der Waals surface area contributed by atoms with Crippen molar-refractivity contribution in [1.82, 2.24) is 5.32 Å². The number of allylic oxidation sites excluding steroid dienone is 4. The molecule has 0 aromatic rings. The van der Waals surface area contributed by atoms with E-state index in [0.717, 1.165) is 25.7 Å². The van der Waals surface area contributed by atoms with Gasteiger partial charge in [0.1, 0.15) is 0 Å². The Labute approximate surface area is 356 Å². The lowest BCUT2D eigenvalue weighted by Crippen LogP contribution is -2.46. The number of nitrogens with one attached hydrogen (secondary N) is 1. The van der Waals surface area contributed by atoms with Gasteiger partial charge in [-0.2, -0.15) is 0 Å². The average Bonchev–Trinajstić information content (AvgIpc) is 3.20. The van der Waals surface area contributed by atoms with Crippen LogP contribution in [0.2, 0.25) is 0 Å². The lowest BCUT2D eigenvalue weighted by molar-refractivity contribution is -0.125. The van der Waals surface area contributed by atoms with E-state index in [4.69, 9.17) is 0 Å². The fraction of sp³-hybridized carbons (Fsp3) is 0.904. The normalized spacial score (nSPS) is 13.6. The summed E-state index contributed by atoms with van der Waals surface area (Å²) >= 11 is 0. The van der Waals surface area contributed by atoms with E-state index >= 15 is 0 Å². The molecule has 0 fully saturated rings. The zero-order valence-electron chi connectivity index (χ0n) is 38.5. The molecule has 0 aliphatic carbocycles. The van der Waals surface area contributed by atoms with Crippen molar-refractivity contribution in [3.63, 3.8) is 0 Å². The fourth-order valence-electron chi connectivity index (χ4n) is 8.10. The second-order valence-corrected chi connectivity index (χ2v) is 17.8. The van der Waals surface area contributed by atoms with E-state index in [-0.39, 0.29) is 18.9 Å². The molecule has 0 bridgehead atoms. The molecule has 338 valence electrons. The number of hydrogen-bond donors (Lipinski definition) is 4. The molecule has 1 amide bonds. The Balaban J connectivity index is 3.54. The highest BCUT2D eigenvalue weighted by molar-refractivity contribution is 5.76. The van der Waals surface area contributed by atoms with Crippen molar-refractivity contribution in [2.45, 2.75) is 295 Å². The maximum Gasteiger partial charge on any atom is 0.222 e. The summed E-state index contributed by atoms with van der Waals surface area (Å²) in [6, 6.07) is -0.660. The van der Waals surface area contributed by atoms with Gasteiger partial charge in [0, 0.05) is 0 Å². The molecule has 0 heterocycles. The van der Waals surface area contributed by atoms with Crippen LogP contribution in [0, 0.1) is 0 Å². The van der Waals surface area contributed by atoms with Gasteiger partial charge in [-0.15, -0.1) is 0 Å². The van der Waals surface area contributed by atoms with Gasteiger partial charge < -0.3 is 20.6 Å². The van der Waals surface area contributed by atoms with Gasteiger partial charge >= 0.3 is 0 Å². The largest absolute Gasteiger partial charge is 0.394 e. The highest BCUT2D eigenvalue weighted by Crippen LogP contribution is 2.17. The Kier molecular flexibility index (Phi) is 46.5. The number of unbranched alkanes of at least 4 members (excludes halogenated alkanes) is 35. The molecule has 0 saturated heterocycles. The standard InChI is InChI=1S/C52H101NO4/c1-3-5-7-9-11-13-15-17-19-21-22-23-24-25-26-27-28-30-32-34-36-38-40-42-44-46-51(56)50(48-54)53-52(57)47-49(55)45-43-41-39-37-35-33-31-29-20-18-16-14-12-10-8-6-4-2/h12,14,16,18,49-51,54-56H,3-11,13,15,17,19-48H2,1-2H3,(H,53,57)/b14-12-,18-16-. The van der Waals surface area contributed by atoms with E-state index < -0.39 is 18.2 Å². The molecule has 0 radical (unpaired) electrons. The maximum absolute atomic E-state index is 12.5. The van der Waals surface area contributed by atoms with Crippen LogP contribution in [0.15, 0.2) is 24.3 Å². The Morgan fingerprint density at radius 3 is 1.11 bits per heavy atom. The molecular formula is C52H101NO4. The maximum atomic E-state index is 12.5. The van der Waals surface area contributed by atoms with Crippen LogP contribution in [0.25, 0.3) is 0 Å². The zero-order valence-corrected chi connectivity index (χ0v) is 38.5. The van der Waals surface area contributed by atoms with Crippen molar-refractivity contribution >= 4 is 5.91 Å². The van der Waals surface area contributed by atoms with E-state index in [0.29, 0.717) is 12.8 Å². The minimum atomic E-state index is -0.751. The summed E-state index contributed by atoms with van der Waals surface area (Å²) in [6.45, 7) is 4.26. The summed E-state index contributed by atoms with van der Waals surface area (Å²) in [5.41, 5.74) is 0. The van der Waals surface area contributed by atoms with Gasteiger partial charge in [0.05, 0.1) is 31.3 Å².